The first kappa shape index (κ1) is 7.61. The molecule has 0 atom stereocenters. The van der Waals surface area contributed by atoms with Crippen molar-refractivity contribution in [1.82, 2.24) is 14.7 Å². The van der Waals surface area contributed by atoms with Crippen LogP contribution in [0.2, 0.25) is 0 Å². The number of aromatic nitrogens is 2. The summed E-state index contributed by atoms with van der Waals surface area (Å²) in [5.41, 5.74) is 0. The largest absolute Gasteiger partial charge is 0.325 e. The smallest absolute Gasteiger partial charge is 0.316 e. The highest BCUT2D eigenvalue weighted by atomic mass is 35.5. The second-order valence-corrected chi connectivity index (χ2v) is 3.12. The average Bonchev–Trinajstić information content (AvgIpc) is 2.34. The SMILES string of the molecule is O=C(Cl)N1CC(n2cccn2)C1. The predicted molar refractivity (Wildman–Crippen MR) is 44.1 cm³/mol. The molecule has 0 N–H and O–H groups in total. The highest BCUT2D eigenvalue weighted by molar-refractivity contribution is 6.62. The zero-order valence-corrected chi connectivity index (χ0v) is 7.11. The summed E-state index contributed by atoms with van der Waals surface area (Å²) in [7, 11) is 0. The number of amides is 1. The first-order chi connectivity index (χ1) is 5.77. The molecule has 1 amide bonds. The van der Waals surface area contributed by atoms with E-state index in [-0.39, 0.29) is 5.37 Å². The summed E-state index contributed by atoms with van der Waals surface area (Å²) >= 11 is 5.26. The van der Waals surface area contributed by atoms with Crippen LogP contribution in [0.3, 0.4) is 0 Å². The number of carbonyl (C=O) groups excluding carboxylic acids is 1. The lowest BCUT2D eigenvalue weighted by molar-refractivity contribution is 0.136. The van der Waals surface area contributed by atoms with Crippen molar-refractivity contribution >= 4 is 17.0 Å². The standard InChI is InChI=1S/C7H8ClN3O/c8-7(12)10-4-6(5-10)11-3-1-2-9-11/h1-3,6H,4-5H2. The van der Waals surface area contributed by atoms with Gasteiger partial charge in [-0.3, -0.25) is 9.48 Å². The molecule has 64 valence electrons. The highest BCUT2D eigenvalue weighted by Gasteiger charge is 2.30. The molecule has 0 spiro atoms. The van der Waals surface area contributed by atoms with Gasteiger partial charge in [0.25, 0.3) is 0 Å². The quantitative estimate of drug-likeness (QED) is 0.486. The van der Waals surface area contributed by atoms with Crippen LogP contribution in [0.1, 0.15) is 6.04 Å². The van der Waals surface area contributed by atoms with Gasteiger partial charge in [0.15, 0.2) is 0 Å². The molecule has 0 radical (unpaired) electrons. The number of rotatable bonds is 1. The topological polar surface area (TPSA) is 38.1 Å². The maximum atomic E-state index is 10.6. The van der Waals surface area contributed by atoms with Crippen LogP contribution in [0.4, 0.5) is 4.79 Å². The third-order valence-corrected chi connectivity index (χ3v) is 2.25. The molecule has 1 fully saturated rings. The van der Waals surface area contributed by atoms with Gasteiger partial charge in [0, 0.05) is 25.5 Å². The molecule has 1 aromatic rings. The number of hydrogen-bond acceptors (Lipinski definition) is 2. The van der Waals surface area contributed by atoms with Crippen LogP contribution in [0.15, 0.2) is 18.5 Å². The number of nitrogens with zero attached hydrogens (tertiary/aromatic N) is 3. The summed E-state index contributed by atoms with van der Waals surface area (Å²) in [5.74, 6) is 0. The van der Waals surface area contributed by atoms with Crippen LogP contribution in [-0.2, 0) is 0 Å². The minimum absolute atomic E-state index is 0.308. The normalized spacial score (nSPS) is 17.6. The Morgan fingerprint density at radius 3 is 2.83 bits per heavy atom. The van der Waals surface area contributed by atoms with Crippen molar-refractivity contribution in [2.45, 2.75) is 6.04 Å². The number of halogens is 1. The summed E-state index contributed by atoms with van der Waals surface area (Å²) in [5, 5.41) is 3.69. The van der Waals surface area contributed by atoms with Gasteiger partial charge in [-0.25, -0.2) is 0 Å². The molecule has 2 rings (SSSR count). The molecule has 1 aromatic heterocycles. The van der Waals surface area contributed by atoms with Crippen molar-refractivity contribution in [1.29, 1.82) is 0 Å². The van der Waals surface area contributed by atoms with Gasteiger partial charge in [-0.2, -0.15) is 5.10 Å². The third kappa shape index (κ3) is 1.18. The summed E-state index contributed by atoms with van der Waals surface area (Å²) in [4.78, 5) is 12.2. The Labute approximate surface area is 74.7 Å². The van der Waals surface area contributed by atoms with Crippen LogP contribution < -0.4 is 0 Å². The number of hydrogen-bond donors (Lipinski definition) is 0. The minimum atomic E-state index is -0.376. The van der Waals surface area contributed by atoms with Gasteiger partial charge in [0.2, 0.25) is 0 Å². The average molecular weight is 186 g/mol. The molecular formula is C7H8ClN3O. The van der Waals surface area contributed by atoms with E-state index in [0.717, 1.165) is 0 Å². The Balaban J connectivity index is 1.94. The van der Waals surface area contributed by atoms with E-state index in [4.69, 9.17) is 11.6 Å². The van der Waals surface area contributed by atoms with E-state index in [2.05, 4.69) is 5.10 Å². The monoisotopic (exact) mass is 185 g/mol. The van der Waals surface area contributed by atoms with E-state index in [1.165, 1.54) is 0 Å². The molecule has 0 aromatic carbocycles. The molecule has 2 heterocycles. The third-order valence-electron chi connectivity index (χ3n) is 2.01. The van der Waals surface area contributed by atoms with Crippen molar-refractivity contribution in [3.63, 3.8) is 0 Å². The van der Waals surface area contributed by atoms with Gasteiger partial charge >= 0.3 is 5.37 Å². The molecule has 12 heavy (non-hydrogen) atoms. The Morgan fingerprint density at radius 2 is 2.33 bits per heavy atom. The van der Waals surface area contributed by atoms with Gasteiger partial charge in [-0.05, 0) is 17.7 Å². The molecular weight excluding hydrogens is 178 g/mol. The van der Waals surface area contributed by atoms with E-state index in [0.29, 0.717) is 19.1 Å². The minimum Gasteiger partial charge on any atom is -0.325 e. The van der Waals surface area contributed by atoms with Gasteiger partial charge in [-0.1, -0.05) is 0 Å². The van der Waals surface area contributed by atoms with E-state index in [9.17, 15) is 4.79 Å². The van der Waals surface area contributed by atoms with Crippen LogP contribution >= 0.6 is 11.6 Å². The zero-order chi connectivity index (χ0) is 8.55. The van der Waals surface area contributed by atoms with E-state index in [1.54, 1.807) is 11.1 Å². The van der Waals surface area contributed by atoms with Gasteiger partial charge in [0.1, 0.15) is 0 Å². The lowest BCUT2D eigenvalue weighted by atomic mass is 10.1. The van der Waals surface area contributed by atoms with Crippen molar-refractivity contribution in [2.75, 3.05) is 13.1 Å². The first-order valence-electron chi connectivity index (χ1n) is 3.71. The molecule has 1 aliphatic heterocycles. The molecule has 0 saturated carbocycles. The van der Waals surface area contributed by atoms with E-state index in [1.807, 2.05) is 16.9 Å². The number of carbonyl (C=O) groups is 1. The second kappa shape index (κ2) is 2.79. The Hall–Kier alpha value is -1.03. The first-order valence-corrected chi connectivity index (χ1v) is 4.08. The maximum Gasteiger partial charge on any atom is 0.316 e. The lowest BCUT2D eigenvalue weighted by Gasteiger charge is -2.37. The Morgan fingerprint density at radius 1 is 1.58 bits per heavy atom. The molecule has 5 heteroatoms. The van der Waals surface area contributed by atoms with Crippen LogP contribution in [0.5, 0.6) is 0 Å². The van der Waals surface area contributed by atoms with E-state index < -0.39 is 0 Å². The fraction of sp³-hybridized carbons (Fsp3) is 0.429. The van der Waals surface area contributed by atoms with Crippen molar-refractivity contribution in [3.8, 4) is 0 Å². The molecule has 0 aliphatic carbocycles. The van der Waals surface area contributed by atoms with Crippen LogP contribution in [0, 0.1) is 0 Å². The number of likely N-dealkylation sites (tertiary alicyclic amines) is 1. The zero-order valence-electron chi connectivity index (χ0n) is 6.35. The summed E-state index contributed by atoms with van der Waals surface area (Å²) in [6, 6.07) is 2.17. The van der Waals surface area contributed by atoms with Gasteiger partial charge < -0.3 is 4.90 Å². The molecule has 1 saturated heterocycles. The summed E-state index contributed by atoms with van der Waals surface area (Å²) in [6.45, 7) is 1.34. The van der Waals surface area contributed by atoms with Crippen LogP contribution in [-0.4, -0.2) is 33.1 Å². The molecule has 4 nitrogen and oxygen atoms in total. The molecule has 0 unspecified atom stereocenters. The van der Waals surface area contributed by atoms with Crippen molar-refractivity contribution in [2.24, 2.45) is 0 Å². The summed E-state index contributed by atoms with van der Waals surface area (Å²) < 4.78 is 1.84. The second-order valence-electron chi connectivity index (χ2n) is 2.80. The highest BCUT2D eigenvalue weighted by Crippen LogP contribution is 2.20. The lowest BCUT2D eigenvalue weighted by Crippen LogP contribution is -2.48. The predicted octanol–water partition coefficient (Wildman–Crippen LogP) is 1.10. The van der Waals surface area contributed by atoms with E-state index >= 15 is 0 Å². The van der Waals surface area contributed by atoms with Crippen molar-refractivity contribution < 1.29 is 4.79 Å². The molecule has 0 bridgehead atoms. The molecule has 1 aliphatic rings. The van der Waals surface area contributed by atoms with Gasteiger partial charge in [0.05, 0.1) is 6.04 Å². The maximum absolute atomic E-state index is 10.6. The fourth-order valence-electron chi connectivity index (χ4n) is 1.26. The Bertz CT molecular complexity index is 279. The van der Waals surface area contributed by atoms with Crippen LogP contribution in [0.25, 0.3) is 0 Å². The fourth-order valence-corrected chi connectivity index (χ4v) is 1.40. The Kier molecular flexibility index (Phi) is 1.77. The summed E-state index contributed by atoms with van der Waals surface area (Å²) in [6.07, 6.45) is 3.62. The van der Waals surface area contributed by atoms with Gasteiger partial charge in [-0.15, -0.1) is 0 Å². The van der Waals surface area contributed by atoms with Crippen molar-refractivity contribution in [3.05, 3.63) is 18.5 Å².